The third-order valence-corrected chi connectivity index (χ3v) is 5.17. The Balaban J connectivity index is 2.01. The van der Waals surface area contributed by atoms with E-state index in [1.54, 1.807) is 6.07 Å². The lowest BCUT2D eigenvalue weighted by Crippen LogP contribution is -2.50. The molecule has 0 radical (unpaired) electrons. The molecule has 0 aliphatic heterocycles. The maximum absolute atomic E-state index is 12.4. The fourth-order valence-electron chi connectivity index (χ4n) is 2.63. The number of hydrogen-bond donors (Lipinski definition) is 3. The van der Waals surface area contributed by atoms with Gasteiger partial charge in [0.15, 0.2) is 0 Å². The number of sulfonamides is 1. The van der Waals surface area contributed by atoms with Crippen molar-refractivity contribution in [3.63, 3.8) is 0 Å². The Morgan fingerprint density at radius 3 is 2.46 bits per heavy atom. The van der Waals surface area contributed by atoms with Crippen molar-refractivity contribution in [3.8, 4) is 11.5 Å². The predicted octanol–water partition coefficient (Wildman–Crippen LogP) is 1.53. The van der Waals surface area contributed by atoms with Crippen LogP contribution in [0.25, 0.3) is 0 Å². The molecule has 0 atom stereocenters. The first-order valence-electron chi connectivity index (χ1n) is 7.76. The third kappa shape index (κ3) is 4.75. The first kappa shape index (κ1) is 18.3. The summed E-state index contributed by atoms with van der Waals surface area (Å²) in [5.74, 6) is 0.514. The first-order valence-corrected chi connectivity index (χ1v) is 9.25. The van der Waals surface area contributed by atoms with Gasteiger partial charge in [-0.05, 0) is 25.0 Å². The number of urea groups is 1. The average molecular weight is 357 g/mol. The molecule has 3 N–H and O–H groups in total. The Hall–Kier alpha value is -2.00. The highest BCUT2D eigenvalue weighted by molar-refractivity contribution is 7.89. The molecule has 1 aromatic carbocycles. The molecule has 1 aliphatic rings. The smallest absolute Gasteiger partial charge is 0.330 e. The molecule has 2 amide bonds. The zero-order valence-electron chi connectivity index (χ0n) is 13.8. The van der Waals surface area contributed by atoms with Crippen LogP contribution in [0.15, 0.2) is 23.1 Å². The number of hydrogen-bond acceptors (Lipinski definition) is 5. The number of ether oxygens (including phenoxy) is 2. The molecule has 0 saturated heterocycles. The van der Waals surface area contributed by atoms with E-state index in [-0.39, 0.29) is 16.7 Å². The molecule has 0 unspecified atom stereocenters. The van der Waals surface area contributed by atoms with Crippen molar-refractivity contribution in [2.75, 3.05) is 14.2 Å². The molecular formula is C15H23N3O5S. The summed E-state index contributed by atoms with van der Waals surface area (Å²) in [7, 11) is -1.20. The Morgan fingerprint density at radius 1 is 1.12 bits per heavy atom. The maximum atomic E-state index is 12.4. The molecule has 0 spiro atoms. The summed E-state index contributed by atoms with van der Waals surface area (Å²) in [6, 6.07) is 3.89. The highest BCUT2D eigenvalue weighted by atomic mass is 32.2. The molecule has 8 nitrogen and oxygen atoms in total. The van der Waals surface area contributed by atoms with Crippen LogP contribution >= 0.6 is 0 Å². The van der Waals surface area contributed by atoms with Crippen LogP contribution < -0.4 is 25.0 Å². The van der Waals surface area contributed by atoms with E-state index in [1.807, 2.05) is 0 Å². The van der Waals surface area contributed by atoms with Crippen molar-refractivity contribution in [1.29, 1.82) is 0 Å². The third-order valence-electron chi connectivity index (χ3n) is 3.90. The molecule has 24 heavy (non-hydrogen) atoms. The largest absolute Gasteiger partial charge is 0.497 e. The van der Waals surface area contributed by atoms with E-state index in [2.05, 4.69) is 15.6 Å². The second kappa shape index (κ2) is 8.20. The van der Waals surface area contributed by atoms with E-state index in [9.17, 15) is 13.2 Å². The van der Waals surface area contributed by atoms with E-state index in [1.165, 1.54) is 32.8 Å². The summed E-state index contributed by atoms with van der Waals surface area (Å²) in [5, 5.41) is 2.76. The van der Waals surface area contributed by atoms with Gasteiger partial charge in [0.05, 0.1) is 14.2 Å². The SMILES string of the molecule is COc1ccc(OC)c(S(=O)(=O)NNC(=O)NC2CCCCC2)c1. The van der Waals surface area contributed by atoms with E-state index >= 15 is 0 Å². The topological polar surface area (TPSA) is 106 Å². The Kier molecular flexibility index (Phi) is 6.27. The minimum Gasteiger partial charge on any atom is -0.497 e. The van der Waals surface area contributed by atoms with Crippen LogP contribution in [0.5, 0.6) is 11.5 Å². The van der Waals surface area contributed by atoms with Crippen molar-refractivity contribution in [1.82, 2.24) is 15.6 Å². The molecule has 0 heterocycles. The number of methoxy groups -OCH3 is 2. The van der Waals surface area contributed by atoms with E-state index in [0.717, 1.165) is 25.7 Å². The quantitative estimate of drug-likeness (QED) is 0.670. The molecule has 1 aliphatic carbocycles. The summed E-state index contributed by atoms with van der Waals surface area (Å²) in [5.41, 5.74) is 2.17. The van der Waals surface area contributed by atoms with Crippen molar-refractivity contribution in [3.05, 3.63) is 18.2 Å². The second-order valence-electron chi connectivity index (χ2n) is 5.56. The molecule has 9 heteroatoms. The van der Waals surface area contributed by atoms with Crippen molar-refractivity contribution >= 4 is 16.1 Å². The molecule has 1 fully saturated rings. The Bertz CT molecular complexity index is 672. The Morgan fingerprint density at radius 2 is 1.83 bits per heavy atom. The monoisotopic (exact) mass is 357 g/mol. The summed E-state index contributed by atoms with van der Waals surface area (Å²) in [4.78, 5) is 13.8. The maximum Gasteiger partial charge on any atom is 0.330 e. The fraction of sp³-hybridized carbons (Fsp3) is 0.533. The van der Waals surface area contributed by atoms with Gasteiger partial charge in [0.25, 0.3) is 10.0 Å². The lowest BCUT2D eigenvalue weighted by Gasteiger charge is -2.23. The summed E-state index contributed by atoms with van der Waals surface area (Å²) < 4.78 is 34.9. The second-order valence-corrected chi connectivity index (χ2v) is 7.21. The zero-order chi connectivity index (χ0) is 17.6. The highest BCUT2D eigenvalue weighted by Gasteiger charge is 2.22. The number of benzene rings is 1. The molecule has 2 rings (SSSR count). The summed E-state index contributed by atoms with van der Waals surface area (Å²) >= 11 is 0. The van der Waals surface area contributed by atoms with Crippen LogP contribution in [0, 0.1) is 0 Å². The Labute approximate surface area is 141 Å². The standard InChI is InChI=1S/C15H23N3O5S/c1-22-12-8-9-13(23-2)14(10-12)24(20,21)18-17-15(19)16-11-6-4-3-5-7-11/h8-11,18H,3-7H2,1-2H3,(H2,16,17,19). The van der Waals surface area contributed by atoms with Crippen molar-refractivity contribution in [2.24, 2.45) is 0 Å². The van der Waals surface area contributed by atoms with Crippen LogP contribution in [-0.2, 0) is 10.0 Å². The number of amides is 2. The van der Waals surface area contributed by atoms with Crippen LogP contribution in [0.2, 0.25) is 0 Å². The van der Waals surface area contributed by atoms with Gasteiger partial charge in [-0.15, -0.1) is 4.83 Å². The summed E-state index contributed by atoms with van der Waals surface area (Å²) in [6.45, 7) is 0. The van der Waals surface area contributed by atoms with Gasteiger partial charge in [0.2, 0.25) is 0 Å². The summed E-state index contributed by atoms with van der Waals surface area (Å²) in [6.07, 6.45) is 5.12. The van der Waals surface area contributed by atoms with Gasteiger partial charge >= 0.3 is 6.03 Å². The van der Waals surface area contributed by atoms with Gasteiger partial charge in [0, 0.05) is 12.1 Å². The molecule has 1 saturated carbocycles. The fourth-order valence-corrected chi connectivity index (χ4v) is 3.66. The van der Waals surface area contributed by atoms with E-state index < -0.39 is 16.1 Å². The van der Waals surface area contributed by atoms with Gasteiger partial charge in [0.1, 0.15) is 16.4 Å². The number of hydrazine groups is 1. The number of carbonyl (C=O) groups is 1. The molecule has 134 valence electrons. The van der Waals surface area contributed by atoms with Gasteiger partial charge in [-0.25, -0.2) is 13.2 Å². The van der Waals surface area contributed by atoms with Crippen molar-refractivity contribution in [2.45, 2.75) is 43.0 Å². The van der Waals surface area contributed by atoms with Crippen LogP contribution in [-0.4, -0.2) is 34.7 Å². The van der Waals surface area contributed by atoms with Gasteiger partial charge in [-0.1, -0.05) is 19.3 Å². The van der Waals surface area contributed by atoms with Gasteiger partial charge < -0.3 is 14.8 Å². The minimum absolute atomic E-state index is 0.0783. The van der Waals surface area contributed by atoms with Crippen LogP contribution in [0.3, 0.4) is 0 Å². The lowest BCUT2D eigenvalue weighted by molar-refractivity contribution is 0.231. The highest BCUT2D eigenvalue weighted by Crippen LogP contribution is 2.27. The van der Waals surface area contributed by atoms with Gasteiger partial charge in [-0.2, -0.15) is 0 Å². The molecule has 1 aromatic rings. The van der Waals surface area contributed by atoms with Crippen molar-refractivity contribution < 1.29 is 22.7 Å². The van der Waals surface area contributed by atoms with Crippen LogP contribution in [0.1, 0.15) is 32.1 Å². The number of rotatable bonds is 6. The first-order chi connectivity index (χ1) is 11.5. The minimum atomic E-state index is -4.00. The van der Waals surface area contributed by atoms with E-state index in [4.69, 9.17) is 9.47 Å². The van der Waals surface area contributed by atoms with Gasteiger partial charge in [-0.3, -0.25) is 5.43 Å². The number of nitrogens with one attached hydrogen (secondary N) is 3. The van der Waals surface area contributed by atoms with Crippen LogP contribution in [0.4, 0.5) is 4.79 Å². The predicted molar refractivity (Wildman–Crippen MR) is 88.4 cm³/mol. The molecular weight excluding hydrogens is 334 g/mol. The zero-order valence-corrected chi connectivity index (χ0v) is 14.6. The number of carbonyl (C=O) groups excluding carboxylic acids is 1. The lowest BCUT2D eigenvalue weighted by atomic mass is 9.96. The average Bonchev–Trinajstić information content (AvgIpc) is 2.60. The molecule has 0 bridgehead atoms. The normalized spacial score (nSPS) is 15.6. The molecule has 0 aromatic heterocycles. The van der Waals surface area contributed by atoms with E-state index in [0.29, 0.717) is 5.75 Å².